The van der Waals surface area contributed by atoms with Crippen LogP contribution in [0.15, 0.2) is 65.5 Å². The van der Waals surface area contributed by atoms with Gasteiger partial charge >= 0.3 is 0 Å². The summed E-state index contributed by atoms with van der Waals surface area (Å²) in [4.78, 5) is 12.3. The molecule has 0 bridgehead atoms. The molecule has 0 spiro atoms. The van der Waals surface area contributed by atoms with E-state index in [-0.39, 0.29) is 23.3 Å². The molecule has 2 unspecified atom stereocenters. The number of nitrogens with zero attached hydrogens (tertiary/aromatic N) is 4. The predicted molar refractivity (Wildman–Crippen MR) is 106 cm³/mol. The molecular weight excluding hydrogens is 359 g/mol. The van der Waals surface area contributed by atoms with Gasteiger partial charge in [0.05, 0.1) is 23.0 Å². The summed E-state index contributed by atoms with van der Waals surface area (Å²) in [6.45, 7) is 5.75. The minimum Gasteiger partial charge on any atom is -0.377 e. The number of aryl methyl sites for hydroxylation is 1. The van der Waals surface area contributed by atoms with E-state index >= 15 is 0 Å². The van der Waals surface area contributed by atoms with Crippen LogP contribution in [0.2, 0.25) is 0 Å². The number of halogens is 1. The van der Waals surface area contributed by atoms with Crippen LogP contribution in [0, 0.1) is 0 Å². The Hall–Kier alpha value is -3.55. The minimum absolute atomic E-state index is 0.258. The van der Waals surface area contributed by atoms with Gasteiger partial charge < -0.3 is 9.88 Å². The van der Waals surface area contributed by atoms with E-state index in [0.717, 1.165) is 11.1 Å². The molecule has 1 aliphatic rings. The summed E-state index contributed by atoms with van der Waals surface area (Å²) in [6, 6.07) is 5.10. The summed E-state index contributed by atoms with van der Waals surface area (Å²) >= 11 is 0. The van der Waals surface area contributed by atoms with E-state index in [4.69, 9.17) is 0 Å². The Morgan fingerprint density at radius 1 is 1.36 bits per heavy atom. The number of rotatable bonds is 4. The smallest absolute Gasteiger partial charge is 0.272 e. The van der Waals surface area contributed by atoms with Gasteiger partial charge in [0.15, 0.2) is 0 Å². The van der Waals surface area contributed by atoms with Gasteiger partial charge in [-0.25, -0.2) is 9.49 Å². The highest BCUT2D eigenvalue weighted by atomic mass is 19.1. The maximum atomic E-state index is 13.6. The van der Waals surface area contributed by atoms with Gasteiger partial charge in [-0.2, -0.15) is 5.10 Å². The lowest BCUT2D eigenvalue weighted by molar-refractivity contribution is 0.613. The fourth-order valence-corrected chi connectivity index (χ4v) is 3.54. The van der Waals surface area contributed by atoms with Gasteiger partial charge in [0.25, 0.3) is 5.56 Å². The highest BCUT2D eigenvalue weighted by Gasteiger charge is 2.37. The fraction of sp³-hybridized carbons (Fsp3) is 0.200. The van der Waals surface area contributed by atoms with E-state index in [1.807, 2.05) is 19.2 Å². The third-order valence-corrected chi connectivity index (χ3v) is 4.94. The first-order valence-electron chi connectivity index (χ1n) is 8.81. The van der Waals surface area contributed by atoms with Crippen LogP contribution >= 0.6 is 0 Å². The first-order valence-corrected chi connectivity index (χ1v) is 8.81. The number of anilines is 1. The molecule has 4 rings (SSSR count). The van der Waals surface area contributed by atoms with E-state index in [1.165, 1.54) is 12.2 Å². The molecular formula is C20H19FN6O. The summed E-state index contributed by atoms with van der Waals surface area (Å²) in [5.74, 6) is -0.0569. The first-order chi connectivity index (χ1) is 13.5. The molecule has 0 amide bonds. The molecule has 2 atom stereocenters. The van der Waals surface area contributed by atoms with Crippen molar-refractivity contribution < 1.29 is 4.39 Å². The third-order valence-electron chi connectivity index (χ3n) is 4.94. The van der Waals surface area contributed by atoms with Crippen molar-refractivity contribution in [2.24, 2.45) is 7.05 Å². The molecule has 1 aliphatic heterocycles. The second kappa shape index (κ2) is 6.88. The van der Waals surface area contributed by atoms with E-state index in [0.29, 0.717) is 22.5 Å². The number of aromatic amines is 1. The quantitative estimate of drug-likeness (QED) is 0.682. The highest BCUT2D eigenvalue weighted by Crippen LogP contribution is 2.41. The van der Waals surface area contributed by atoms with Crippen LogP contribution in [0.25, 0.3) is 10.8 Å². The number of benzene rings is 1. The van der Waals surface area contributed by atoms with Crippen LogP contribution < -0.4 is 10.9 Å². The maximum Gasteiger partial charge on any atom is 0.272 e. The van der Waals surface area contributed by atoms with Crippen molar-refractivity contribution in [2.45, 2.75) is 18.9 Å². The van der Waals surface area contributed by atoms with Gasteiger partial charge in [0.2, 0.25) is 0 Å². The van der Waals surface area contributed by atoms with Crippen molar-refractivity contribution in [1.82, 2.24) is 25.0 Å². The van der Waals surface area contributed by atoms with Crippen LogP contribution in [0.5, 0.6) is 0 Å². The van der Waals surface area contributed by atoms with Gasteiger partial charge in [-0.05, 0) is 30.7 Å². The zero-order valence-electron chi connectivity index (χ0n) is 15.5. The van der Waals surface area contributed by atoms with Crippen molar-refractivity contribution in [3.8, 4) is 0 Å². The first kappa shape index (κ1) is 17.8. The van der Waals surface area contributed by atoms with Gasteiger partial charge in [0, 0.05) is 18.1 Å². The second-order valence-electron chi connectivity index (χ2n) is 6.65. The average molecular weight is 378 g/mol. The summed E-state index contributed by atoms with van der Waals surface area (Å²) in [6.07, 6.45) is 5.98. The van der Waals surface area contributed by atoms with Crippen molar-refractivity contribution >= 4 is 16.5 Å². The molecule has 0 saturated carbocycles. The van der Waals surface area contributed by atoms with Crippen LogP contribution in [0.1, 0.15) is 24.4 Å². The SMILES string of the molecule is C=C(C=CC(F)=CC)C1Nc2cccc3c(=O)[nH]nc(c23)C1c1nncn1C. The summed E-state index contributed by atoms with van der Waals surface area (Å²) < 4.78 is 15.4. The number of allylic oxidation sites excluding steroid dienone is 3. The average Bonchev–Trinajstić information content (AvgIpc) is 3.13. The Morgan fingerprint density at radius 3 is 2.89 bits per heavy atom. The Morgan fingerprint density at radius 2 is 2.18 bits per heavy atom. The molecule has 3 heterocycles. The van der Waals surface area contributed by atoms with E-state index in [2.05, 4.69) is 32.3 Å². The van der Waals surface area contributed by atoms with Crippen LogP contribution in [0.4, 0.5) is 10.1 Å². The highest BCUT2D eigenvalue weighted by molar-refractivity contribution is 5.97. The lowest BCUT2D eigenvalue weighted by Crippen LogP contribution is -2.36. The zero-order chi connectivity index (χ0) is 19.8. The molecule has 2 aromatic heterocycles. The topological polar surface area (TPSA) is 88.5 Å². The number of nitrogens with one attached hydrogen (secondary N) is 2. The normalized spacial score (nSPS) is 19.2. The predicted octanol–water partition coefficient (Wildman–Crippen LogP) is 2.96. The Kier molecular flexibility index (Phi) is 4.38. The van der Waals surface area contributed by atoms with Crippen molar-refractivity contribution in [3.05, 3.63) is 82.6 Å². The Balaban J connectivity index is 1.92. The molecule has 7 nitrogen and oxygen atoms in total. The number of H-pyrrole nitrogens is 1. The van der Waals surface area contributed by atoms with Crippen LogP contribution in [-0.4, -0.2) is 31.0 Å². The third kappa shape index (κ3) is 2.83. The largest absolute Gasteiger partial charge is 0.377 e. The molecule has 2 N–H and O–H groups in total. The van der Waals surface area contributed by atoms with E-state index in [9.17, 15) is 9.18 Å². The molecule has 8 heteroatoms. The standard InChI is InChI=1S/C20H19FN6O/c1-4-12(21)9-8-11(2)17-16(19-25-22-10-27(19)3)18-15-13(20(28)26-24-18)6-5-7-14(15)23-17/h4-10,16-17,23H,2H2,1,3H3,(H,26,28). The maximum absolute atomic E-state index is 13.6. The van der Waals surface area contributed by atoms with E-state index < -0.39 is 0 Å². The van der Waals surface area contributed by atoms with Crippen molar-refractivity contribution in [1.29, 1.82) is 0 Å². The molecule has 142 valence electrons. The summed E-state index contributed by atoms with van der Waals surface area (Å²) in [7, 11) is 1.84. The Bertz CT molecular complexity index is 1190. The van der Waals surface area contributed by atoms with Crippen molar-refractivity contribution in [3.63, 3.8) is 0 Å². The molecule has 0 radical (unpaired) electrons. The van der Waals surface area contributed by atoms with Crippen LogP contribution in [0.3, 0.4) is 0 Å². The Labute approximate surface area is 160 Å². The number of hydrogen-bond donors (Lipinski definition) is 2. The summed E-state index contributed by atoms with van der Waals surface area (Å²) in [5, 5.41) is 19.9. The second-order valence-corrected chi connectivity index (χ2v) is 6.65. The molecule has 28 heavy (non-hydrogen) atoms. The van der Waals surface area contributed by atoms with Gasteiger partial charge in [-0.1, -0.05) is 24.8 Å². The zero-order valence-corrected chi connectivity index (χ0v) is 15.5. The lowest BCUT2D eigenvalue weighted by Gasteiger charge is -2.33. The van der Waals surface area contributed by atoms with Gasteiger partial charge in [-0.15, -0.1) is 10.2 Å². The van der Waals surface area contributed by atoms with Gasteiger partial charge in [0.1, 0.15) is 18.0 Å². The van der Waals surface area contributed by atoms with Crippen LogP contribution in [-0.2, 0) is 7.05 Å². The van der Waals surface area contributed by atoms with Crippen molar-refractivity contribution in [2.75, 3.05) is 5.32 Å². The molecule has 1 aromatic carbocycles. The summed E-state index contributed by atoms with van der Waals surface area (Å²) in [5.41, 5.74) is 1.84. The fourth-order valence-electron chi connectivity index (χ4n) is 3.54. The monoisotopic (exact) mass is 378 g/mol. The van der Waals surface area contributed by atoms with E-state index in [1.54, 1.807) is 30.0 Å². The number of hydrogen-bond acceptors (Lipinski definition) is 5. The minimum atomic E-state index is -0.368. The molecule has 0 saturated heterocycles. The number of aromatic nitrogens is 5. The molecule has 3 aromatic rings. The molecule has 0 fully saturated rings. The van der Waals surface area contributed by atoms with Gasteiger partial charge in [-0.3, -0.25) is 4.79 Å². The lowest BCUT2D eigenvalue weighted by atomic mass is 9.83. The molecule has 0 aliphatic carbocycles.